The number of hydrogen-bond acceptors (Lipinski definition) is 6. The van der Waals surface area contributed by atoms with Gasteiger partial charge in [-0.2, -0.15) is 0 Å². The van der Waals surface area contributed by atoms with Gasteiger partial charge in [0.25, 0.3) is 5.56 Å². The maximum atomic E-state index is 13.6. The van der Waals surface area contributed by atoms with Gasteiger partial charge in [0.1, 0.15) is 4.83 Å². The lowest BCUT2D eigenvalue weighted by Crippen LogP contribution is -2.41. The van der Waals surface area contributed by atoms with Crippen LogP contribution in [0.1, 0.15) is 42.7 Å². The monoisotopic (exact) mass is 498 g/mol. The number of rotatable bonds is 8. The molecule has 0 unspecified atom stereocenters. The number of thiophene rings is 1. The number of carbonyl (C=O) groups excluding carboxylic acids is 2. The van der Waals surface area contributed by atoms with E-state index in [0.29, 0.717) is 30.6 Å². The molecule has 1 aliphatic carbocycles. The molecule has 9 heteroatoms. The van der Waals surface area contributed by atoms with Crippen molar-refractivity contribution in [2.75, 3.05) is 12.3 Å². The number of benzene rings is 1. The summed E-state index contributed by atoms with van der Waals surface area (Å²) < 4.78 is 1.70. The number of hydrogen-bond donors (Lipinski definition) is 2. The number of fused-ring (bicyclic) bond motifs is 3. The second-order valence-corrected chi connectivity index (χ2v) is 10.9. The molecule has 0 bridgehead atoms. The summed E-state index contributed by atoms with van der Waals surface area (Å²) in [4.78, 5) is 44.8. The third-order valence-electron chi connectivity index (χ3n) is 5.76. The second kappa shape index (κ2) is 11.2. The minimum atomic E-state index is -0.505. The Morgan fingerprint density at radius 2 is 1.94 bits per heavy atom. The van der Waals surface area contributed by atoms with Crippen LogP contribution in [0.5, 0.6) is 0 Å². The normalized spacial score (nSPS) is 13.1. The first-order valence-electron chi connectivity index (χ1n) is 11.7. The van der Waals surface area contributed by atoms with Crippen molar-refractivity contribution in [1.82, 2.24) is 20.2 Å². The number of aromatic nitrogens is 2. The average Bonchev–Trinajstić information content (AvgIpc) is 3.20. The van der Waals surface area contributed by atoms with E-state index in [-0.39, 0.29) is 11.3 Å². The lowest BCUT2D eigenvalue weighted by Gasteiger charge is -2.14. The van der Waals surface area contributed by atoms with Gasteiger partial charge in [0.15, 0.2) is 5.16 Å². The third-order valence-corrected chi connectivity index (χ3v) is 7.93. The summed E-state index contributed by atoms with van der Waals surface area (Å²) in [6, 6.07) is 9.52. The van der Waals surface area contributed by atoms with Crippen LogP contribution in [0.2, 0.25) is 0 Å². The molecular weight excluding hydrogens is 468 g/mol. The van der Waals surface area contributed by atoms with Crippen LogP contribution in [-0.4, -0.2) is 33.8 Å². The highest BCUT2D eigenvalue weighted by Gasteiger charge is 2.22. The fourth-order valence-electron chi connectivity index (χ4n) is 4.05. The number of urea groups is 1. The SMILES string of the molecule is CC(C)CNC(=O)NC(=O)CSc1nc2sc3c(c2c(=O)n1CCc1ccccc1)CCCC3. The minimum absolute atomic E-state index is 0.00344. The van der Waals surface area contributed by atoms with Crippen LogP contribution in [0.15, 0.2) is 40.3 Å². The molecule has 0 radical (unpaired) electrons. The van der Waals surface area contributed by atoms with Crippen molar-refractivity contribution in [3.05, 3.63) is 56.7 Å². The molecule has 2 heterocycles. The highest BCUT2D eigenvalue weighted by molar-refractivity contribution is 7.99. The lowest BCUT2D eigenvalue weighted by molar-refractivity contribution is -0.117. The quantitative estimate of drug-likeness (QED) is 0.359. The van der Waals surface area contributed by atoms with Gasteiger partial charge in [-0.25, -0.2) is 9.78 Å². The second-order valence-electron chi connectivity index (χ2n) is 8.92. The zero-order valence-electron chi connectivity index (χ0n) is 19.6. The average molecular weight is 499 g/mol. The zero-order valence-corrected chi connectivity index (χ0v) is 21.2. The Labute approximate surface area is 207 Å². The largest absolute Gasteiger partial charge is 0.338 e. The smallest absolute Gasteiger partial charge is 0.321 e. The van der Waals surface area contributed by atoms with Gasteiger partial charge in [-0.1, -0.05) is 55.9 Å². The Morgan fingerprint density at radius 3 is 2.71 bits per heavy atom. The molecule has 34 heavy (non-hydrogen) atoms. The molecule has 0 saturated carbocycles. The molecule has 1 aromatic carbocycles. The Hall–Kier alpha value is -2.65. The van der Waals surface area contributed by atoms with Gasteiger partial charge in [-0.15, -0.1) is 11.3 Å². The summed E-state index contributed by atoms with van der Waals surface area (Å²) in [6.45, 7) is 4.94. The fraction of sp³-hybridized carbons (Fsp3) is 0.440. The van der Waals surface area contributed by atoms with E-state index in [0.717, 1.165) is 47.0 Å². The fourth-order valence-corrected chi connectivity index (χ4v) is 6.17. The number of amides is 3. The molecular formula is C25H30N4O3S2. The summed E-state index contributed by atoms with van der Waals surface area (Å²) in [6.07, 6.45) is 4.85. The Balaban J connectivity index is 1.57. The van der Waals surface area contributed by atoms with Crippen molar-refractivity contribution in [1.29, 1.82) is 0 Å². The number of imide groups is 1. The van der Waals surface area contributed by atoms with Crippen LogP contribution >= 0.6 is 23.1 Å². The van der Waals surface area contributed by atoms with E-state index in [1.165, 1.54) is 16.6 Å². The van der Waals surface area contributed by atoms with Crippen molar-refractivity contribution < 1.29 is 9.59 Å². The Bertz CT molecular complexity index is 1230. The molecule has 2 aromatic heterocycles. The van der Waals surface area contributed by atoms with Crippen LogP contribution in [0, 0.1) is 5.92 Å². The summed E-state index contributed by atoms with van der Waals surface area (Å²) in [5.41, 5.74) is 2.27. The van der Waals surface area contributed by atoms with Crippen molar-refractivity contribution in [3.63, 3.8) is 0 Å². The Morgan fingerprint density at radius 1 is 1.18 bits per heavy atom. The van der Waals surface area contributed by atoms with Gasteiger partial charge in [0.05, 0.1) is 11.1 Å². The van der Waals surface area contributed by atoms with Crippen LogP contribution in [-0.2, 0) is 30.6 Å². The lowest BCUT2D eigenvalue weighted by atomic mass is 9.97. The molecule has 3 aromatic rings. The number of nitrogens with one attached hydrogen (secondary N) is 2. The van der Waals surface area contributed by atoms with Gasteiger partial charge in [0, 0.05) is 18.0 Å². The first kappa shape index (κ1) is 24.5. The zero-order chi connectivity index (χ0) is 24.1. The molecule has 4 rings (SSSR count). The highest BCUT2D eigenvalue weighted by atomic mass is 32.2. The number of thioether (sulfide) groups is 1. The van der Waals surface area contributed by atoms with Crippen LogP contribution < -0.4 is 16.2 Å². The highest BCUT2D eigenvalue weighted by Crippen LogP contribution is 2.34. The summed E-state index contributed by atoms with van der Waals surface area (Å²) >= 11 is 2.80. The summed E-state index contributed by atoms with van der Waals surface area (Å²) in [7, 11) is 0. The number of carbonyl (C=O) groups is 2. The van der Waals surface area contributed by atoms with E-state index in [1.807, 2.05) is 44.2 Å². The van der Waals surface area contributed by atoms with Crippen LogP contribution in [0.25, 0.3) is 10.2 Å². The molecule has 0 aliphatic heterocycles. The maximum Gasteiger partial charge on any atom is 0.321 e. The van der Waals surface area contributed by atoms with Crippen molar-refractivity contribution >= 4 is 45.3 Å². The van der Waals surface area contributed by atoms with E-state index in [9.17, 15) is 14.4 Å². The van der Waals surface area contributed by atoms with Gasteiger partial charge >= 0.3 is 6.03 Å². The van der Waals surface area contributed by atoms with Crippen molar-refractivity contribution in [2.45, 2.75) is 57.7 Å². The van der Waals surface area contributed by atoms with Gasteiger partial charge in [0.2, 0.25) is 5.91 Å². The van der Waals surface area contributed by atoms with E-state index in [2.05, 4.69) is 10.6 Å². The predicted octanol–water partition coefficient (Wildman–Crippen LogP) is 4.15. The third kappa shape index (κ3) is 5.88. The van der Waals surface area contributed by atoms with E-state index >= 15 is 0 Å². The molecule has 0 spiro atoms. The molecule has 0 atom stereocenters. The standard InChI is InChI=1S/C25H30N4O3S2/c1-16(2)14-26-24(32)27-20(30)15-33-25-28-22-21(18-10-6-7-11-19(18)34-22)23(31)29(25)13-12-17-8-4-3-5-9-17/h3-5,8-9,16H,6-7,10-15H2,1-2H3,(H2,26,27,30,32). The maximum absolute atomic E-state index is 13.6. The minimum Gasteiger partial charge on any atom is -0.338 e. The topological polar surface area (TPSA) is 93.1 Å². The van der Waals surface area contributed by atoms with Gasteiger partial charge < -0.3 is 5.32 Å². The molecule has 7 nitrogen and oxygen atoms in total. The number of aryl methyl sites for hydroxylation is 3. The number of nitrogens with zero attached hydrogens (tertiary/aromatic N) is 2. The molecule has 0 fully saturated rings. The summed E-state index contributed by atoms with van der Waals surface area (Å²) in [5, 5.41) is 6.29. The van der Waals surface area contributed by atoms with Crippen LogP contribution in [0.3, 0.4) is 0 Å². The van der Waals surface area contributed by atoms with E-state index in [1.54, 1.807) is 15.9 Å². The van der Waals surface area contributed by atoms with Crippen LogP contribution in [0.4, 0.5) is 4.79 Å². The molecule has 1 aliphatic rings. The van der Waals surface area contributed by atoms with Gasteiger partial charge in [-0.05, 0) is 49.1 Å². The van der Waals surface area contributed by atoms with E-state index < -0.39 is 11.9 Å². The molecule has 180 valence electrons. The van der Waals surface area contributed by atoms with Crippen molar-refractivity contribution in [2.24, 2.45) is 5.92 Å². The first-order chi connectivity index (χ1) is 16.4. The first-order valence-corrected chi connectivity index (χ1v) is 13.5. The molecule has 2 N–H and O–H groups in total. The molecule has 3 amide bonds. The summed E-state index contributed by atoms with van der Waals surface area (Å²) in [5.74, 6) is -0.119. The predicted molar refractivity (Wildman–Crippen MR) is 138 cm³/mol. The van der Waals surface area contributed by atoms with E-state index in [4.69, 9.17) is 4.98 Å². The molecule has 0 saturated heterocycles. The van der Waals surface area contributed by atoms with Gasteiger partial charge in [-0.3, -0.25) is 19.5 Å². The van der Waals surface area contributed by atoms with Crippen molar-refractivity contribution in [3.8, 4) is 0 Å². The Kier molecular flexibility index (Phi) is 8.05.